The van der Waals surface area contributed by atoms with Crippen LogP contribution in [0, 0.1) is 0 Å². The standard InChI is InChI=1S/C16H11N3S/c1-2-5-12(6-3-1)13-9-15(20-11-13)14-10-18-19-8-4-7-17-16(14)19/h1-11H. The number of thiophene rings is 1. The van der Waals surface area contributed by atoms with Gasteiger partial charge in [0.25, 0.3) is 0 Å². The molecule has 3 nitrogen and oxygen atoms in total. The minimum Gasteiger partial charge on any atom is -0.236 e. The number of rotatable bonds is 2. The number of hydrogen-bond donors (Lipinski definition) is 0. The molecule has 0 N–H and O–H groups in total. The average Bonchev–Trinajstić information content (AvgIpc) is 3.14. The largest absolute Gasteiger partial charge is 0.236 e. The number of benzene rings is 1. The Morgan fingerprint density at radius 2 is 1.90 bits per heavy atom. The molecule has 0 fully saturated rings. The van der Waals surface area contributed by atoms with E-state index in [0.717, 1.165) is 11.2 Å². The lowest BCUT2D eigenvalue weighted by Gasteiger charge is -1.95. The van der Waals surface area contributed by atoms with Crippen LogP contribution in [0.4, 0.5) is 0 Å². The van der Waals surface area contributed by atoms with E-state index in [9.17, 15) is 0 Å². The van der Waals surface area contributed by atoms with E-state index in [1.807, 2.05) is 24.5 Å². The van der Waals surface area contributed by atoms with Crippen LogP contribution in [0.25, 0.3) is 27.2 Å². The summed E-state index contributed by atoms with van der Waals surface area (Å²) in [4.78, 5) is 5.60. The minimum atomic E-state index is 0.897. The summed E-state index contributed by atoms with van der Waals surface area (Å²) in [7, 11) is 0. The van der Waals surface area contributed by atoms with Gasteiger partial charge in [0.1, 0.15) is 0 Å². The lowest BCUT2D eigenvalue weighted by molar-refractivity contribution is 0.939. The van der Waals surface area contributed by atoms with Crippen molar-refractivity contribution in [1.82, 2.24) is 14.6 Å². The molecular weight excluding hydrogens is 266 g/mol. The first-order valence-electron chi connectivity index (χ1n) is 6.34. The highest BCUT2D eigenvalue weighted by Gasteiger charge is 2.10. The van der Waals surface area contributed by atoms with Crippen LogP contribution in [0.2, 0.25) is 0 Å². The Hall–Kier alpha value is -2.46. The van der Waals surface area contributed by atoms with Gasteiger partial charge in [-0.15, -0.1) is 11.3 Å². The Kier molecular flexibility index (Phi) is 2.60. The first kappa shape index (κ1) is 11.4. The van der Waals surface area contributed by atoms with Gasteiger partial charge in [-0.1, -0.05) is 30.3 Å². The number of nitrogens with zero attached hydrogens (tertiary/aromatic N) is 3. The molecule has 20 heavy (non-hydrogen) atoms. The van der Waals surface area contributed by atoms with Crippen molar-refractivity contribution in [3.8, 4) is 21.6 Å². The lowest BCUT2D eigenvalue weighted by atomic mass is 10.1. The van der Waals surface area contributed by atoms with Crippen molar-refractivity contribution in [3.63, 3.8) is 0 Å². The van der Waals surface area contributed by atoms with E-state index in [2.05, 4.69) is 45.8 Å². The Morgan fingerprint density at radius 3 is 2.80 bits per heavy atom. The van der Waals surface area contributed by atoms with Crippen molar-refractivity contribution in [1.29, 1.82) is 0 Å². The lowest BCUT2D eigenvalue weighted by Crippen LogP contribution is -1.86. The summed E-state index contributed by atoms with van der Waals surface area (Å²) in [5.74, 6) is 0. The highest BCUT2D eigenvalue weighted by molar-refractivity contribution is 7.14. The summed E-state index contributed by atoms with van der Waals surface area (Å²) in [5, 5.41) is 6.52. The number of hydrogen-bond acceptors (Lipinski definition) is 3. The van der Waals surface area contributed by atoms with Crippen molar-refractivity contribution < 1.29 is 0 Å². The van der Waals surface area contributed by atoms with Crippen LogP contribution in [-0.2, 0) is 0 Å². The second-order valence-electron chi connectivity index (χ2n) is 4.51. The molecule has 0 atom stereocenters. The Balaban J connectivity index is 1.82. The molecule has 0 spiro atoms. The van der Waals surface area contributed by atoms with Crippen molar-refractivity contribution in [2.75, 3.05) is 0 Å². The topological polar surface area (TPSA) is 30.2 Å². The van der Waals surface area contributed by atoms with Crippen molar-refractivity contribution in [3.05, 3.63) is 66.4 Å². The third-order valence-corrected chi connectivity index (χ3v) is 4.21. The zero-order chi connectivity index (χ0) is 13.4. The van der Waals surface area contributed by atoms with E-state index in [0.29, 0.717) is 0 Å². The van der Waals surface area contributed by atoms with Crippen LogP contribution in [0.5, 0.6) is 0 Å². The zero-order valence-electron chi connectivity index (χ0n) is 10.6. The second kappa shape index (κ2) is 4.58. The first-order chi connectivity index (χ1) is 9.92. The van der Waals surface area contributed by atoms with E-state index in [4.69, 9.17) is 0 Å². The van der Waals surface area contributed by atoms with Gasteiger partial charge in [0, 0.05) is 17.3 Å². The fourth-order valence-corrected chi connectivity index (χ4v) is 3.18. The molecule has 0 saturated carbocycles. The van der Waals surface area contributed by atoms with Gasteiger partial charge < -0.3 is 0 Å². The third-order valence-electron chi connectivity index (χ3n) is 3.25. The van der Waals surface area contributed by atoms with Gasteiger partial charge in [-0.05, 0) is 28.6 Å². The summed E-state index contributed by atoms with van der Waals surface area (Å²) >= 11 is 1.72. The first-order valence-corrected chi connectivity index (χ1v) is 7.22. The molecule has 1 aromatic carbocycles. The second-order valence-corrected chi connectivity index (χ2v) is 5.42. The maximum Gasteiger partial charge on any atom is 0.163 e. The molecule has 0 unspecified atom stereocenters. The van der Waals surface area contributed by atoms with Crippen LogP contribution in [0.3, 0.4) is 0 Å². The molecule has 0 bridgehead atoms. The maximum absolute atomic E-state index is 4.41. The number of fused-ring (bicyclic) bond motifs is 1. The molecule has 4 rings (SSSR count). The van der Waals surface area contributed by atoms with E-state index in [-0.39, 0.29) is 0 Å². The Morgan fingerprint density at radius 1 is 1.00 bits per heavy atom. The molecular formula is C16H11N3S. The van der Waals surface area contributed by atoms with Crippen molar-refractivity contribution in [2.45, 2.75) is 0 Å². The fourth-order valence-electron chi connectivity index (χ4n) is 2.26. The van der Waals surface area contributed by atoms with Gasteiger partial charge >= 0.3 is 0 Å². The molecule has 0 radical (unpaired) electrons. The molecule has 0 amide bonds. The zero-order valence-corrected chi connectivity index (χ0v) is 11.4. The molecule has 96 valence electrons. The molecule has 4 aromatic rings. The molecule has 0 aliphatic rings. The Labute approximate surface area is 120 Å². The van der Waals surface area contributed by atoms with Gasteiger partial charge in [0.15, 0.2) is 5.65 Å². The summed E-state index contributed by atoms with van der Waals surface area (Å²) in [6, 6.07) is 14.5. The van der Waals surface area contributed by atoms with Crippen LogP contribution in [0.15, 0.2) is 66.4 Å². The third kappa shape index (κ3) is 1.82. The molecule has 4 heteroatoms. The van der Waals surface area contributed by atoms with Crippen LogP contribution >= 0.6 is 11.3 Å². The van der Waals surface area contributed by atoms with Crippen LogP contribution in [-0.4, -0.2) is 14.6 Å². The normalized spacial score (nSPS) is 11.0. The van der Waals surface area contributed by atoms with E-state index in [1.54, 1.807) is 22.0 Å². The van der Waals surface area contributed by atoms with Gasteiger partial charge in [-0.3, -0.25) is 0 Å². The van der Waals surface area contributed by atoms with E-state index in [1.165, 1.54) is 16.0 Å². The fraction of sp³-hybridized carbons (Fsp3) is 0. The summed E-state index contributed by atoms with van der Waals surface area (Å²) in [5.41, 5.74) is 4.45. The smallest absolute Gasteiger partial charge is 0.163 e. The summed E-state index contributed by atoms with van der Waals surface area (Å²) in [6.07, 6.45) is 5.59. The molecule has 3 heterocycles. The average molecular weight is 277 g/mol. The summed E-state index contributed by atoms with van der Waals surface area (Å²) in [6.45, 7) is 0. The highest BCUT2D eigenvalue weighted by atomic mass is 32.1. The van der Waals surface area contributed by atoms with Crippen molar-refractivity contribution in [2.24, 2.45) is 0 Å². The quantitative estimate of drug-likeness (QED) is 0.551. The molecule has 0 saturated heterocycles. The SMILES string of the molecule is c1ccc(-c2csc(-c3cnn4cccnc34)c2)cc1. The molecule has 0 aliphatic carbocycles. The van der Waals surface area contributed by atoms with E-state index >= 15 is 0 Å². The number of aromatic nitrogens is 3. The molecule has 3 aromatic heterocycles. The maximum atomic E-state index is 4.41. The predicted molar refractivity (Wildman–Crippen MR) is 81.7 cm³/mol. The van der Waals surface area contributed by atoms with Gasteiger partial charge in [0.2, 0.25) is 0 Å². The monoisotopic (exact) mass is 277 g/mol. The highest BCUT2D eigenvalue weighted by Crippen LogP contribution is 2.33. The summed E-state index contributed by atoms with van der Waals surface area (Å²) < 4.78 is 1.80. The van der Waals surface area contributed by atoms with Gasteiger partial charge in [-0.25, -0.2) is 9.50 Å². The van der Waals surface area contributed by atoms with Crippen LogP contribution in [0.1, 0.15) is 0 Å². The van der Waals surface area contributed by atoms with Gasteiger partial charge in [0.05, 0.1) is 11.8 Å². The van der Waals surface area contributed by atoms with E-state index < -0.39 is 0 Å². The predicted octanol–water partition coefficient (Wildman–Crippen LogP) is 4.12. The Bertz CT molecular complexity index is 861. The molecule has 0 aliphatic heterocycles. The van der Waals surface area contributed by atoms with Gasteiger partial charge in [-0.2, -0.15) is 5.10 Å². The van der Waals surface area contributed by atoms with Crippen LogP contribution < -0.4 is 0 Å². The minimum absolute atomic E-state index is 0.897. The van der Waals surface area contributed by atoms with Crippen molar-refractivity contribution >= 4 is 17.0 Å².